The Kier molecular flexibility index (Phi) is 7.25. The van der Waals surface area contributed by atoms with Crippen LogP contribution >= 0.6 is 0 Å². The molecule has 0 aliphatic carbocycles. The number of piperazine rings is 1. The normalized spacial score (nSPS) is 19.6. The van der Waals surface area contributed by atoms with Crippen LogP contribution in [0.2, 0.25) is 0 Å². The standard InChI is InChI=1S/C33H34N8O2/c1-22-6-4-7-23-8-5-10-29(30(22)23)39-15-12-26-28(20-39)37-33(43-21-24-9-2-3-14-35-24)38-31(26)40-16-17-41(25(19-40)11-13-34)32(42)27-18-36-27/h2-10,14,25,27,36H,11-12,15-21H2,1H3/t25-,27-/m0/s1. The Morgan fingerprint density at radius 2 is 1.93 bits per heavy atom. The first-order valence-corrected chi connectivity index (χ1v) is 14.9. The molecule has 2 fully saturated rings. The molecule has 1 amide bonds. The predicted molar refractivity (Wildman–Crippen MR) is 164 cm³/mol. The van der Waals surface area contributed by atoms with Crippen LogP contribution in [-0.4, -0.2) is 70.6 Å². The van der Waals surface area contributed by atoms with Crippen LogP contribution in [0.25, 0.3) is 10.8 Å². The molecule has 3 aliphatic heterocycles. The maximum atomic E-state index is 13.0. The van der Waals surface area contributed by atoms with E-state index in [0.717, 1.165) is 35.7 Å². The summed E-state index contributed by atoms with van der Waals surface area (Å²) >= 11 is 0. The summed E-state index contributed by atoms with van der Waals surface area (Å²) in [5.41, 5.74) is 5.30. The number of ether oxygens (including phenoxy) is 1. The second-order valence-corrected chi connectivity index (χ2v) is 11.4. The highest BCUT2D eigenvalue weighted by Crippen LogP contribution is 2.36. The van der Waals surface area contributed by atoms with Gasteiger partial charge < -0.3 is 24.8 Å². The lowest BCUT2D eigenvalue weighted by molar-refractivity contribution is -0.133. The van der Waals surface area contributed by atoms with Crippen LogP contribution < -0.4 is 19.9 Å². The number of aromatic nitrogens is 3. The number of rotatable bonds is 7. The van der Waals surface area contributed by atoms with Gasteiger partial charge in [0, 0.05) is 55.6 Å². The monoisotopic (exact) mass is 574 g/mol. The van der Waals surface area contributed by atoms with Gasteiger partial charge in [-0.15, -0.1) is 0 Å². The fourth-order valence-electron chi connectivity index (χ4n) is 6.36. The molecule has 1 N–H and O–H groups in total. The third kappa shape index (κ3) is 5.44. The first-order chi connectivity index (χ1) is 21.1. The van der Waals surface area contributed by atoms with Crippen LogP contribution in [0.4, 0.5) is 11.5 Å². The van der Waals surface area contributed by atoms with Crippen LogP contribution in [0.5, 0.6) is 6.01 Å². The first kappa shape index (κ1) is 27.1. The molecule has 2 atom stereocenters. The molecule has 0 spiro atoms. The van der Waals surface area contributed by atoms with Gasteiger partial charge in [-0.1, -0.05) is 36.4 Å². The van der Waals surface area contributed by atoms with Gasteiger partial charge in [-0.05, 0) is 42.5 Å². The van der Waals surface area contributed by atoms with E-state index in [-0.39, 0.29) is 31.0 Å². The highest BCUT2D eigenvalue weighted by molar-refractivity contribution is 5.97. The average Bonchev–Trinajstić information content (AvgIpc) is 3.89. The molecule has 0 radical (unpaired) electrons. The van der Waals surface area contributed by atoms with E-state index in [9.17, 15) is 10.1 Å². The third-order valence-electron chi connectivity index (χ3n) is 8.63. The number of anilines is 2. The van der Waals surface area contributed by atoms with E-state index >= 15 is 0 Å². The molecule has 2 saturated heterocycles. The van der Waals surface area contributed by atoms with Crippen LogP contribution in [-0.2, 0) is 24.4 Å². The lowest BCUT2D eigenvalue weighted by atomic mass is 9.99. The Labute approximate surface area is 250 Å². The van der Waals surface area contributed by atoms with E-state index in [1.54, 1.807) is 6.20 Å². The molecular formula is C33H34N8O2. The van der Waals surface area contributed by atoms with Gasteiger partial charge >= 0.3 is 6.01 Å². The summed E-state index contributed by atoms with van der Waals surface area (Å²) in [7, 11) is 0. The topological polar surface area (TPSA) is 120 Å². The van der Waals surface area contributed by atoms with E-state index in [2.05, 4.69) is 69.5 Å². The van der Waals surface area contributed by atoms with Crippen molar-refractivity contribution in [1.29, 1.82) is 5.26 Å². The van der Waals surface area contributed by atoms with Crippen molar-refractivity contribution in [3.63, 3.8) is 0 Å². The molecule has 218 valence electrons. The molecule has 3 aliphatic rings. The summed E-state index contributed by atoms with van der Waals surface area (Å²) in [4.78, 5) is 33.7. The maximum Gasteiger partial charge on any atom is 0.319 e. The Morgan fingerprint density at radius 3 is 2.72 bits per heavy atom. The second-order valence-electron chi connectivity index (χ2n) is 11.4. The average molecular weight is 575 g/mol. The molecule has 4 aromatic rings. The zero-order valence-corrected chi connectivity index (χ0v) is 24.2. The number of nitrogens with one attached hydrogen (secondary N) is 1. The number of pyridine rings is 1. The number of amides is 1. The summed E-state index contributed by atoms with van der Waals surface area (Å²) in [6.07, 6.45) is 2.80. The van der Waals surface area contributed by atoms with Crippen molar-refractivity contribution in [3.8, 4) is 12.1 Å². The number of carbonyl (C=O) groups is 1. The number of nitriles is 1. The molecule has 43 heavy (non-hydrogen) atoms. The number of carbonyl (C=O) groups excluding carboxylic acids is 1. The molecule has 2 aromatic heterocycles. The van der Waals surface area contributed by atoms with Crippen LogP contribution in [0.15, 0.2) is 60.8 Å². The van der Waals surface area contributed by atoms with Crippen molar-refractivity contribution in [2.45, 2.75) is 45.0 Å². The molecule has 2 aromatic carbocycles. The Bertz CT molecular complexity index is 1700. The first-order valence-electron chi connectivity index (χ1n) is 14.9. The van der Waals surface area contributed by atoms with Crippen LogP contribution in [0.1, 0.15) is 28.9 Å². The van der Waals surface area contributed by atoms with E-state index in [4.69, 9.17) is 14.7 Å². The number of nitrogens with zero attached hydrogens (tertiary/aromatic N) is 7. The smallest absolute Gasteiger partial charge is 0.319 e. The summed E-state index contributed by atoms with van der Waals surface area (Å²) in [5.74, 6) is 0.930. The number of aryl methyl sites for hydroxylation is 1. The molecule has 10 nitrogen and oxygen atoms in total. The molecule has 5 heterocycles. The van der Waals surface area contributed by atoms with Crippen molar-refractivity contribution < 1.29 is 9.53 Å². The van der Waals surface area contributed by atoms with E-state index in [1.165, 1.54) is 22.0 Å². The summed E-state index contributed by atoms with van der Waals surface area (Å²) in [6, 6.07) is 20.9. The molecular weight excluding hydrogens is 540 g/mol. The maximum absolute atomic E-state index is 13.0. The van der Waals surface area contributed by atoms with Gasteiger partial charge in [0.2, 0.25) is 5.91 Å². The molecule has 7 rings (SSSR count). The minimum atomic E-state index is -0.198. The second kappa shape index (κ2) is 11.5. The predicted octanol–water partition coefficient (Wildman–Crippen LogP) is 3.38. The van der Waals surface area contributed by atoms with Gasteiger partial charge in [0.05, 0.1) is 42.5 Å². The van der Waals surface area contributed by atoms with Gasteiger partial charge in [-0.25, -0.2) is 0 Å². The minimum Gasteiger partial charge on any atom is -0.457 e. The summed E-state index contributed by atoms with van der Waals surface area (Å²) < 4.78 is 6.14. The van der Waals surface area contributed by atoms with E-state index in [1.807, 2.05) is 23.1 Å². The third-order valence-corrected chi connectivity index (χ3v) is 8.63. The van der Waals surface area contributed by atoms with Crippen molar-refractivity contribution in [2.75, 3.05) is 42.5 Å². The number of hydrogen-bond donors (Lipinski definition) is 1. The Balaban J connectivity index is 1.22. The van der Waals surface area contributed by atoms with E-state index < -0.39 is 0 Å². The molecule has 0 unspecified atom stereocenters. The van der Waals surface area contributed by atoms with Crippen LogP contribution in [0, 0.1) is 18.3 Å². The Morgan fingerprint density at radius 1 is 1.07 bits per heavy atom. The number of benzene rings is 2. The van der Waals surface area contributed by atoms with Crippen molar-refractivity contribution in [2.24, 2.45) is 0 Å². The fraction of sp³-hybridized carbons (Fsp3) is 0.364. The molecule has 10 heteroatoms. The van der Waals surface area contributed by atoms with Crippen LogP contribution in [0.3, 0.4) is 0 Å². The van der Waals surface area contributed by atoms with Gasteiger partial charge in [-0.3, -0.25) is 9.78 Å². The van der Waals surface area contributed by atoms with Gasteiger partial charge in [-0.2, -0.15) is 15.2 Å². The highest BCUT2D eigenvalue weighted by atomic mass is 16.5. The largest absolute Gasteiger partial charge is 0.457 e. The van der Waals surface area contributed by atoms with Gasteiger partial charge in [0.15, 0.2) is 0 Å². The minimum absolute atomic E-state index is 0.0880. The van der Waals surface area contributed by atoms with Gasteiger partial charge in [0.1, 0.15) is 12.4 Å². The van der Waals surface area contributed by atoms with Crippen molar-refractivity contribution in [1.82, 2.24) is 25.2 Å². The Hall–Kier alpha value is -4.75. The SMILES string of the molecule is Cc1cccc2cccc(N3CCc4c(nc(OCc5ccccn5)nc4N4CCN(C(=O)[C@@H]5CN5)[C@@H](CC#N)C4)C3)c12. The van der Waals surface area contributed by atoms with Crippen molar-refractivity contribution in [3.05, 3.63) is 83.3 Å². The fourth-order valence-corrected chi connectivity index (χ4v) is 6.36. The quantitative estimate of drug-likeness (QED) is 0.331. The zero-order chi connectivity index (χ0) is 29.3. The summed E-state index contributed by atoms with van der Waals surface area (Å²) in [5, 5.41) is 15.2. The number of fused-ring (bicyclic) bond motifs is 2. The molecule has 0 saturated carbocycles. The lowest BCUT2D eigenvalue weighted by Crippen LogP contribution is -2.57. The van der Waals surface area contributed by atoms with E-state index in [0.29, 0.717) is 38.7 Å². The summed E-state index contributed by atoms with van der Waals surface area (Å²) in [6.45, 7) is 6.32. The number of hydrogen-bond acceptors (Lipinski definition) is 9. The van der Waals surface area contributed by atoms with Crippen molar-refractivity contribution >= 4 is 28.2 Å². The highest BCUT2D eigenvalue weighted by Gasteiger charge is 2.39. The molecule has 0 bridgehead atoms. The lowest BCUT2D eigenvalue weighted by Gasteiger charge is -2.42. The van der Waals surface area contributed by atoms with Gasteiger partial charge in [0.25, 0.3) is 0 Å². The zero-order valence-electron chi connectivity index (χ0n) is 24.2.